The summed E-state index contributed by atoms with van der Waals surface area (Å²) in [7, 11) is 0. The van der Waals surface area contributed by atoms with Crippen LogP contribution >= 0.6 is 11.6 Å². The molecule has 0 aliphatic heterocycles. The van der Waals surface area contributed by atoms with Crippen LogP contribution < -0.4 is 5.32 Å². The van der Waals surface area contributed by atoms with E-state index >= 15 is 0 Å². The number of benzene rings is 1. The van der Waals surface area contributed by atoms with Gasteiger partial charge < -0.3 is 9.73 Å². The van der Waals surface area contributed by atoms with E-state index in [1.807, 2.05) is 25.1 Å². The van der Waals surface area contributed by atoms with E-state index in [2.05, 4.69) is 29.4 Å². The smallest absolute Gasteiger partial charge is 0.249 e. The van der Waals surface area contributed by atoms with E-state index in [1.165, 1.54) is 0 Å². The van der Waals surface area contributed by atoms with E-state index in [9.17, 15) is 0 Å². The zero-order valence-electron chi connectivity index (χ0n) is 10.7. The number of hydrogen-bond donors (Lipinski definition) is 1. The molecule has 0 bridgehead atoms. The normalized spacial score (nSPS) is 11.2. The second-order valence-electron chi connectivity index (χ2n) is 4.47. The molecule has 0 saturated heterocycles. The van der Waals surface area contributed by atoms with Gasteiger partial charge in [0.05, 0.1) is 17.1 Å². The fourth-order valence-corrected chi connectivity index (χ4v) is 1.74. The van der Waals surface area contributed by atoms with Crippen LogP contribution in [0.2, 0.25) is 5.02 Å². The minimum atomic E-state index is 0.378. The summed E-state index contributed by atoms with van der Waals surface area (Å²) in [5.74, 6) is 1.03. The molecular weight excluding hydrogens is 250 g/mol. The van der Waals surface area contributed by atoms with Gasteiger partial charge in [0.2, 0.25) is 11.8 Å². The van der Waals surface area contributed by atoms with Crippen LogP contribution in [0.25, 0.3) is 11.5 Å². The summed E-state index contributed by atoms with van der Waals surface area (Å²) in [4.78, 5) is 0. The van der Waals surface area contributed by atoms with Crippen molar-refractivity contribution < 1.29 is 4.42 Å². The molecule has 0 aliphatic carbocycles. The standard InChI is InChI=1S/C13H16ClN3O/c1-8(2)15-7-11-16-17-13(18-11)10-6-4-5-9(3)12(10)14/h4-6,8,15H,7H2,1-3H3. The summed E-state index contributed by atoms with van der Waals surface area (Å²) in [6.07, 6.45) is 0. The van der Waals surface area contributed by atoms with Crippen molar-refractivity contribution in [2.75, 3.05) is 0 Å². The van der Waals surface area contributed by atoms with Gasteiger partial charge in [0.1, 0.15) is 0 Å². The van der Waals surface area contributed by atoms with E-state index in [-0.39, 0.29) is 0 Å². The number of nitrogens with zero attached hydrogens (tertiary/aromatic N) is 2. The number of halogens is 1. The Bertz CT molecular complexity index is 537. The minimum Gasteiger partial charge on any atom is -0.419 e. The molecule has 2 rings (SSSR count). The maximum Gasteiger partial charge on any atom is 0.249 e. The third kappa shape index (κ3) is 2.89. The molecule has 1 aromatic heterocycles. The fraction of sp³-hybridized carbons (Fsp3) is 0.385. The largest absolute Gasteiger partial charge is 0.419 e. The van der Waals surface area contributed by atoms with Crippen LogP contribution in [0.15, 0.2) is 22.6 Å². The number of nitrogens with one attached hydrogen (secondary N) is 1. The van der Waals surface area contributed by atoms with E-state index in [1.54, 1.807) is 0 Å². The highest BCUT2D eigenvalue weighted by atomic mass is 35.5. The van der Waals surface area contributed by atoms with Crippen LogP contribution in [0.3, 0.4) is 0 Å². The van der Waals surface area contributed by atoms with Crippen molar-refractivity contribution in [3.8, 4) is 11.5 Å². The molecule has 2 aromatic rings. The maximum atomic E-state index is 6.22. The van der Waals surface area contributed by atoms with Crippen LogP contribution in [0.5, 0.6) is 0 Å². The molecule has 1 N–H and O–H groups in total. The highest BCUT2D eigenvalue weighted by Gasteiger charge is 2.12. The minimum absolute atomic E-state index is 0.378. The first-order valence-corrected chi connectivity index (χ1v) is 6.27. The van der Waals surface area contributed by atoms with Gasteiger partial charge in [0.15, 0.2) is 0 Å². The van der Waals surface area contributed by atoms with E-state index in [4.69, 9.17) is 16.0 Å². The molecule has 0 fully saturated rings. The summed E-state index contributed by atoms with van der Waals surface area (Å²) < 4.78 is 5.59. The molecule has 96 valence electrons. The summed E-state index contributed by atoms with van der Waals surface area (Å²) in [6, 6.07) is 6.13. The quantitative estimate of drug-likeness (QED) is 0.922. The van der Waals surface area contributed by atoms with Crippen molar-refractivity contribution in [3.05, 3.63) is 34.7 Å². The highest BCUT2D eigenvalue weighted by molar-refractivity contribution is 6.33. The first-order chi connectivity index (χ1) is 8.58. The van der Waals surface area contributed by atoms with Crippen LogP contribution in [0.1, 0.15) is 25.3 Å². The third-order valence-electron chi connectivity index (χ3n) is 2.55. The van der Waals surface area contributed by atoms with Gasteiger partial charge in [0.25, 0.3) is 0 Å². The van der Waals surface area contributed by atoms with Crippen molar-refractivity contribution in [1.82, 2.24) is 15.5 Å². The Morgan fingerprint density at radius 3 is 2.83 bits per heavy atom. The lowest BCUT2D eigenvalue weighted by Crippen LogP contribution is -2.21. The van der Waals surface area contributed by atoms with Gasteiger partial charge >= 0.3 is 0 Å². The third-order valence-corrected chi connectivity index (χ3v) is 3.05. The molecular formula is C13H16ClN3O. The summed E-state index contributed by atoms with van der Waals surface area (Å²) in [5.41, 5.74) is 1.77. The van der Waals surface area contributed by atoms with E-state index < -0.39 is 0 Å². The summed E-state index contributed by atoms with van der Waals surface area (Å²) in [5, 5.41) is 11.9. The first-order valence-electron chi connectivity index (χ1n) is 5.89. The second kappa shape index (κ2) is 5.50. The lowest BCUT2D eigenvalue weighted by molar-refractivity contribution is 0.459. The van der Waals surface area contributed by atoms with Crippen LogP contribution in [-0.2, 0) is 6.54 Å². The van der Waals surface area contributed by atoms with Gasteiger partial charge in [-0.2, -0.15) is 0 Å². The second-order valence-corrected chi connectivity index (χ2v) is 4.85. The molecule has 0 saturated carbocycles. The molecule has 0 atom stereocenters. The van der Waals surface area contributed by atoms with E-state index in [0.717, 1.165) is 11.1 Å². The Hall–Kier alpha value is -1.39. The van der Waals surface area contributed by atoms with E-state index in [0.29, 0.717) is 29.4 Å². The zero-order chi connectivity index (χ0) is 13.1. The lowest BCUT2D eigenvalue weighted by Gasteiger charge is -2.04. The Morgan fingerprint density at radius 1 is 1.33 bits per heavy atom. The molecule has 18 heavy (non-hydrogen) atoms. The predicted octanol–water partition coefficient (Wildman–Crippen LogP) is 3.20. The average molecular weight is 266 g/mol. The average Bonchev–Trinajstić information content (AvgIpc) is 2.78. The molecule has 1 aromatic carbocycles. The molecule has 0 amide bonds. The maximum absolute atomic E-state index is 6.22. The Morgan fingerprint density at radius 2 is 2.11 bits per heavy atom. The van der Waals surface area contributed by atoms with Gasteiger partial charge in [0, 0.05) is 6.04 Å². The monoisotopic (exact) mass is 265 g/mol. The zero-order valence-corrected chi connectivity index (χ0v) is 11.5. The van der Waals surface area contributed by atoms with Crippen molar-refractivity contribution in [2.24, 2.45) is 0 Å². The lowest BCUT2D eigenvalue weighted by atomic mass is 10.1. The van der Waals surface area contributed by atoms with Crippen molar-refractivity contribution >= 4 is 11.6 Å². The van der Waals surface area contributed by atoms with Gasteiger partial charge in [-0.05, 0) is 18.6 Å². The van der Waals surface area contributed by atoms with Crippen LogP contribution in [0, 0.1) is 6.92 Å². The van der Waals surface area contributed by atoms with Crippen molar-refractivity contribution in [3.63, 3.8) is 0 Å². The topological polar surface area (TPSA) is 51.0 Å². The number of aryl methyl sites for hydroxylation is 1. The molecule has 5 heteroatoms. The van der Waals surface area contributed by atoms with Crippen molar-refractivity contribution in [1.29, 1.82) is 0 Å². The van der Waals surface area contributed by atoms with Gasteiger partial charge in [-0.25, -0.2) is 0 Å². The molecule has 0 radical (unpaired) electrons. The fourth-order valence-electron chi connectivity index (χ4n) is 1.54. The Labute approximate surface area is 111 Å². The molecule has 4 nitrogen and oxygen atoms in total. The molecule has 1 heterocycles. The van der Waals surface area contributed by atoms with Gasteiger partial charge in [-0.3, -0.25) is 0 Å². The van der Waals surface area contributed by atoms with Crippen LogP contribution in [0.4, 0.5) is 0 Å². The first kappa shape index (κ1) is 13.1. The summed E-state index contributed by atoms with van der Waals surface area (Å²) in [6.45, 7) is 6.64. The van der Waals surface area contributed by atoms with Crippen molar-refractivity contribution in [2.45, 2.75) is 33.4 Å². The molecule has 0 spiro atoms. The number of hydrogen-bond acceptors (Lipinski definition) is 4. The Kier molecular flexibility index (Phi) is 3.99. The molecule has 0 unspecified atom stereocenters. The summed E-state index contributed by atoms with van der Waals surface area (Å²) >= 11 is 6.22. The van der Waals surface area contributed by atoms with Crippen LogP contribution in [-0.4, -0.2) is 16.2 Å². The highest BCUT2D eigenvalue weighted by Crippen LogP contribution is 2.29. The Balaban J connectivity index is 2.21. The number of aromatic nitrogens is 2. The van der Waals surface area contributed by atoms with Gasteiger partial charge in [-0.15, -0.1) is 10.2 Å². The van der Waals surface area contributed by atoms with Gasteiger partial charge in [-0.1, -0.05) is 37.6 Å². The molecule has 0 aliphatic rings. The SMILES string of the molecule is Cc1cccc(-c2nnc(CNC(C)C)o2)c1Cl. The predicted molar refractivity (Wildman–Crippen MR) is 71.5 cm³/mol. The number of rotatable bonds is 4.